The third-order valence-electron chi connectivity index (χ3n) is 4.35. The normalized spacial score (nSPS) is 35.0. The molecule has 0 aromatic carbocycles. The number of carbonyl (C=O) groups excluding carboxylic acids is 1. The van der Waals surface area contributed by atoms with Gasteiger partial charge in [0.15, 0.2) is 0 Å². The molecule has 0 bridgehead atoms. The van der Waals surface area contributed by atoms with Gasteiger partial charge in [-0.15, -0.1) is 0 Å². The highest BCUT2D eigenvalue weighted by Crippen LogP contribution is 2.29. The van der Waals surface area contributed by atoms with Crippen molar-refractivity contribution >= 4 is 5.91 Å². The summed E-state index contributed by atoms with van der Waals surface area (Å²) in [6.07, 6.45) is 6.10. The second-order valence-electron chi connectivity index (χ2n) is 5.89. The number of likely N-dealkylation sites (tertiary alicyclic amines) is 1. The molecule has 4 nitrogen and oxygen atoms in total. The van der Waals surface area contributed by atoms with Crippen molar-refractivity contribution in [1.82, 2.24) is 10.2 Å². The lowest BCUT2D eigenvalue weighted by molar-refractivity contribution is -0.126. The highest BCUT2D eigenvalue weighted by molar-refractivity contribution is 5.81. The SMILES string of the molecule is CC1(C(N)=O)CCN(CCC2CCCCN2)C1. The molecule has 98 valence electrons. The molecule has 0 saturated carbocycles. The van der Waals surface area contributed by atoms with Crippen molar-refractivity contribution in [3.05, 3.63) is 0 Å². The molecular weight excluding hydrogens is 214 g/mol. The minimum Gasteiger partial charge on any atom is -0.369 e. The molecule has 2 aliphatic heterocycles. The van der Waals surface area contributed by atoms with Crippen LogP contribution in [-0.2, 0) is 4.79 Å². The van der Waals surface area contributed by atoms with Gasteiger partial charge in [-0.3, -0.25) is 4.79 Å². The second-order valence-corrected chi connectivity index (χ2v) is 5.89. The maximum Gasteiger partial charge on any atom is 0.224 e. The van der Waals surface area contributed by atoms with Gasteiger partial charge >= 0.3 is 0 Å². The molecule has 2 heterocycles. The van der Waals surface area contributed by atoms with Gasteiger partial charge in [-0.2, -0.15) is 0 Å². The van der Waals surface area contributed by atoms with Crippen LogP contribution in [0.2, 0.25) is 0 Å². The number of nitrogens with two attached hydrogens (primary N) is 1. The van der Waals surface area contributed by atoms with Gasteiger partial charge < -0.3 is 16.0 Å². The molecule has 2 fully saturated rings. The molecule has 2 rings (SSSR count). The van der Waals surface area contributed by atoms with Crippen LogP contribution in [-0.4, -0.2) is 43.0 Å². The number of hydrogen-bond acceptors (Lipinski definition) is 3. The van der Waals surface area contributed by atoms with Crippen molar-refractivity contribution in [1.29, 1.82) is 0 Å². The first-order chi connectivity index (χ1) is 8.10. The molecule has 2 atom stereocenters. The molecule has 17 heavy (non-hydrogen) atoms. The molecule has 1 amide bonds. The van der Waals surface area contributed by atoms with Crippen LogP contribution < -0.4 is 11.1 Å². The van der Waals surface area contributed by atoms with Crippen molar-refractivity contribution in [3.63, 3.8) is 0 Å². The summed E-state index contributed by atoms with van der Waals surface area (Å²) >= 11 is 0. The van der Waals surface area contributed by atoms with Gasteiger partial charge in [0.05, 0.1) is 5.41 Å². The number of carbonyl (C=O) groups is 1. The number of hydrogen-bond donors (Lipinski definition) is 2. The van der Waals surface area contributed by atoms with E-state index in [-0.39, 0.29) is 11.3 Å². The lowest BCUT2D eigenvalue weighted by Crippen LogP contribution is -2.39. The Morgan fingerprint density at radius 3 is 2.94 bits per heavy atom. The van der Waals surface area contributed by atoms with Gasteiger partial charge in [0.2, 0.25) is 5.91 Å². The average Bonchev–Trinajstić information content (AvgIpc) is 2.72. The average molecular weight is 239 g/mol. The summed E-state index contributed by atoms with van der Waals surface area (Å²) in [5, 5.41) is 3.57. The van der Waals surface area contributed by atoms with Crippen molar-refractivity contribution in [3.8, 4) is 0 Å². The summed E-state index contributed by atoms with van der Waals surface area (Å²) in [6.45, 7) is 6.12. The molecule has 3 N–H and O–H groups in total. The van der Waals surface area contributed by atoms with Crippen LogP contribution in [0.1, 0.15) is 39.0 Å². The smallest absolute Gasteiger partial charge is 0.224 e. The van der Waals surface area contributed by atoms with Crippen LogP contribution in [0.3, 0.4) is 0 Å². The zero-order valence-corrected chi connectivity index (χ0v) is 10.9. The van der Waals surface area contributed by atoms with Crippen LogP contribution in [0, 0.1) is 5.41 Å². The Labute approximate surface area is 104 Å². The van der Waals surface area contributed by atoms with E-state index >= 15 is 0 Å². The van der Waals surface area contributed by atoms with E-state index in [1.54, 1.807) is 0 Å². The highest BCUT2D eigenvalue weighted by Gasteiger charge is 2.38. The number of nitrogens with one attached hydrogen (secondary N) is 1. The third kappa shape index (κ3) is 3.19. The van der Waals surface area contributed by atoms with Gasteiger partial charge in [0, 0.05) is 12.6 Å². The van der Waals surface area contributed by atoms with E-state index in [4.69, 9.17) is 5.73 Å². The fraction of sp³-hybridized carbons (Fsp3) is 0.923. The molecule has 0 radical (unpaired) electrons. The number of amides is 1. The molecule has 0 aromatic rings. The summed E-state index contributed by atoms with van der Waals surface area (Å²) < 4.78 is 0. The monoisotopic (exact) mass is 239 g/mol. The van der Waals surface area contributed by atoms with Gasteiger partial charge in [-0.25, -0.2) is 0 Å². The minimum absolute atomic E-state index is 0.143. The Hall–Kier alpha value is -0.610. The topological polar surface area (TPSA) is 58.4 Å². The van der Waals surface area contributed by atoms with Crippen molar-refractivity contribution < 1.29 is 4.79 Å². The van der Waals surface area contributed by atoms with E-state index in [9.17, 15) is 4.79 Å². The molecular formula is C13H25N3O. The zero-order chi connectivity index (χ0) is 12.3. The Kier molecular flexibility index (Phi) is 4.05. The fourth-order valence-corrected chi connectivity index (χ4v) is 2.96. The van der Waals surface area contributed by atoms with E-state index in [1.165, 1.54) is 32.2 Å². The van der Waals surface area contributed by atoms with E-state index in [2.05, 4.69) is 10.2 Å². The molecule has 2 unspecified atom stereocenters. The zero-order valence-electron chi connectivity index (χ0n) is 10.9. The van der Waals surface area contributed by atoms with E-state index in [0.29, 0.717) is 6.04 Å². The minimum atomic E-state index is -0.292. The van der Waals surface area contributed by atoms with Gasteiger partial charge in [0.25, 0.3) is 0 Å². The summed E-state index contributed by atoms with van der Waals surface area (Å²) in [5.41, 5.74) is 5.16. The van der Waals surface area contributed by atoms with Crippen molar-refractivity contribution in [2.24, 2.45) is 11.1 Å². The molecule has 0 spiro atoms. The summed E-state index contributed by atoms with van der Waals surface area (Å²) in [5.74, 6) is -0.143. The first-order valence-corrected chi connectivity index (χ1v) is 6.86. The lowest BCUT2D eigenvalue weighted by Gasteiger charge is -2.26. The Balaban J connectivity index is 1.72. The summed E-state index contributed by atoms with van der Waals surface area (Å²) in [6, 6.07) is 0.684. The third-order valence-corrected chi connectivity index (χ3v) is 4.35. The van der Waals surface area contributed by atoms with E-state index < -0.39 is 0 Å². The van der Waals surface area contributed by atoms with Gasteiger partial charge in [0.1, 0.15) is 0 Å². The quantitative estimate of drug-likeness (QED) is 0.760. The van der Waals surface area contributed by atoms with Gasteiger partial charge in [-0.05, 0) is 52.2 Å². The molecule has 0 aromatic heterocycles. The Morgan fingerprint density at radius 2 is 2.35 bits per heavy atom. The molecule has 4 heteroatoms. The van der Waals surface area contributed by atoms with Crippen molar-refractivity contribution in [2.45, 2.75) is 45.1 Å². The molecule has 2 aliphatic rings. The Morgan fingerprint density at radius 1 is 1.53 bits per heavy atom. The van der Waals surface area contributed by atoms with Crippen LogP contribution >= 0.6 is 0 Å². The predicted molar refractivity (Wildman–Crippen MR) is 68.6 cm³/mol. The fourth-order valence-electron chi connectivity index (χ4n) is 2.96. The predicted octanol–water partition coefficient (Wildman–Crippen LogP) is 0.716. The molecule has 2 saturated heterocycles. The van der Waals surface area contributed by atoms with Crippen LogP contribution in [0.25, 0.3) is 0 Å². The van der Waals surface area contributed by atoms with Crippen molar-refractivity contribution in [2.75, 3.05) is 26.2 Å². The highest BCUT2D eigenvalue weighted by atomic mass is 16.1. The van der Waals surface area contributed by atoms with E-state index in [0.717, 1.165) is 26.1 Å². The Bertz CT molecular complexity index is 276. The lowest BCUT2D eigenvalue weighted by atomic mass is 9.89. The van der Waals surface area contributed by atoms with E-state index in [1.807, 2.05) is 6.92 Å². The first-order valence-electron chi connectivity index (χ1n) is 6.86. The second kappa shape index (κ2) is 5.36. The van der Waals surface area contributed by atoms with Crippen LogP contribution in [0.5, 0.6) is 0 Å². The standard InChI is InChI=1S/C13H25N3O/c1-13(12(14)17)6-9-16(10-13)8-5-11-4-2-3-7-15-11/h11,15H,2-10H2,1H3,(H2,14,17). The maximum atomic E-state index is 11.4. The number of piperidine rings is 1. The maximum absolute atomic E-state index is 11.4. The van der Waals surface area contributed by atoms with Gasteiger partial charge in [-0.1, -0.05) is 6.42 Å². The number of primary amides is 1. The number of rotatable bonds is 4. The summed E-state index contributed by atoms with van der Waals surface area (Å²) in [4.78, 5) is 13.7. The summed E-state index contributed by atoms with van der Waals surface area (Å²) in [7, 11) is 0. The van der Waals surface area contributed by atoms with Crippen LogP contribution in [0.15, 0.2) is 0 Å². The molecule has 0 aliphatic carbocycles. The van der Waals surface area contributed by atoms with Crippen LogP contribution in [0.4, 0.5) is 0 Å². The number of nitrogens with zero attached hydrogens (tertiary/aromatic N) is 1. The first kappa shape index (κ1) is 12.8. The largest absolute Gasteiger partial charge is 0.369 e.